The third-order valence-corrected chi connectivity index (χ3v) is 7.85. The van der Waals surface area contributed by atoms with Crippen LogP contribution in [0, 0.1) is 5.92 Å². The molecule has 0 saturated carbocycles. The molecule has 0 aromatic heterocycles. The molecule has 1 aliphatic rings. The van der Waals surface area contributed by atoms with Crippen LogP contribution in [0.4, 0.5) is 0 Å². The molecule has 3 N–H and O–H groups in total. The number of benzene rings is 3. The van der Waals surface area contributed by atoms with E-state index in [4.69, 9.17) is 0 Å². The third-order valence-electron chi connectivity index (χ3n) is 6.49. The first-order valence-electron chi connectivity index (χ1n) is 12.5. The van der Waals surface area contributed by atoms with Crippen molar-refractivity contribution in [3.63, 3.8) is 0 Å². The molecule has 0 saturated heterocycles. The number of hydrogen-bond donors (Lipinski definition) is 3. The predicted octanol–water partition coefficient (Wildman–Crippen LogP) is 2.79. The molecule has 0 spiro atoms. The van der Waals surface area contributed by atoms with Crippen molar-refractivity contribution in [1.29, 1.82) is 0 Å². The Morgan fingerprint density at radius 2 is 1.41 bits per heavy atom. The maximum atomic E-state index is 13.0. The van der Waals surface area contributed by atoms with E-state index in [1.807, 2.05) is 42.8 Å². The van der Waals surface area contributed by atoms with E-state index in [0.717, 1.165) is 15.7 Å². The highest BCUT2D eigenvalue weighted by molar-refractivity contribution is 7.90. The summed E-state index contributed by atoms with van der Waals surface area (Å²) in [5.74, 6) is -3.31. The number of imide groups is 1. The molecule has 1 heterocycles. The quantitative estimate of drug-likeness (QED) is 0.308. The Balaban J connectivity index is 1.48. The zero-order chi connectivity index (χ0) is 28.3. The van der Waals surface area contributed by atoms with Crippen LogP contribution in [0.5, 0.6) is 0 Å². The number of carboxylic acid groups (broad SMARTS) is 1. The van der Waals surface area contributed by atoms with Gasteiger partial charge in [0.25, 0.3) is 27.7 Å². The Morgan fingerprint density at radius 3 is 1.92 bits per heavy atom. The van der Waals surface area contributed by atoms with E-state index >= 15 is 0 Å². The largest absolute Gasteiger partial charge is 0.480 e. The molecule has 0 radical (unpaired) electrons. The summed E-state index contributed by atoms with van der Waals surface area (Å²) >= 11 is 0. The fraction of sp³-hybridized carbons (Fsp3) is 0.286. The Hall–Kier alpha value is -4.09. The summed E-state index contributed by atoms with van der Waals surface area (Å²) in [5.41, 5.74) is 0.503. The summed E-state index contributed by atoms with van der Waals surface area (Å²) < 4.78 is 27.3. The minimum Gasteiger partial charge on any atom is -0.480 e. The minimum atomic E-state index is -4.17. The summed E-state index contributed by atoms with van der Waals surface area (Å²) in [5, 5.41) is 14.2. The molecule has 10 nitrogen and oxygen atoms in total. The molecule has 0 bridgehead atoms. The van der Waals surface area contributed by atoms with Crippen LogP contribution in [-0.2, 0) is 19.6 Å². The van der Waals surface area contributed by atoms with Crippen LogP contribution in [0.1, 0.15) is 47.4 Å². The van der Waals surface area contributed by atoms with E-state index in [1.54, 1.807) is 18.2 Å². The summed E-state index contributed by atoms with van der Waals surface area (Å²) in [4.78, 5) is 52.0. The van der Waals surface area contributed by atoms with Crippen molar-refractivity contribution < 1.29 is 32.7 Å². The van der Waals surface area contributed by atoms with E-state index in [1.165, 1.54) is 24.3 Å². The van der Waals surface area contributed by atoms with Gasteiger partial charge in [-0.05, 0) is 53.8 Å². The van der Waals surface area contributed by atoms with Crippen molar-refractivity contribution in [2.75, 3.05) is 6.54 Å². The zero-order valence-corrected chi connectivity index (χ0v) is 22.3. The maximum absolute atomic E-state index is 13.0. The fourth-order valence-electron chi connectivity index (χ4n) is 4.54. The summed E-state index contributed by atoms with van der Waals surface area (Å²) in [6, 6.07) is 15.5. The SMILES string of the molecule is CC(C)CC(NC(CCN1C(=O)c2cc3ccccc3cc2C1=O)C(=O)O)C(=O)NS(=O)(=O)c1ccccc1. The number of fused-ring (bicyclic) bond motifs is 2. The second-order valence-corrected chi connectivity index (χ2v) is 11.5. The fourth-order valence-corrected chi connectivity index (χ4v) is 5.58. The van der Waals surface area contributed by atoms with Gasteiger partial charge < -0.3 is 5.11 Å². The molecule has 3 aromatic rings. The van der Waals surface area contributed by atoms with E-state index < -0.39 is 45.8 Å². The van der Waals surface area contributed by atoms with Crippen LogP contribution >= 0.6 is 0 Å². The molecule has 1 aliphatic heterocycles. The minimum absolute atomic E-state index is 0.0764. The Kier molecular flexibility index (Phi) is 8.12. The summed E-state index contributed by atoms with van der Waals surface area (Å²) in [7, 11) is -4.17. The second-order valence-electron chi connectivity index (χ2n) is 9.82. The lowest BCUT2D eigenvalue weighted by atomic mass is 10.0. The lowest BCUT2D eigenvalue weighted by molar-refractivity contribution is -0.140. The van der Waals surface area contributed by atoms with Crippen molar-refractivity contribution in [2.24, 2.45) is 5.92 Å². The first kappa shape index (κ1) is 27.9. The van der Waals surface area contributed by atoms with E-state index in [-0.39, 0.29) is 41.3 Å². The number of nitrogens with one attached hydrogen (secondary N) is 2. The molecule has 2 unspecified atom stereocenters. The average Bonchev–Trinajstić information content (AvgIpc) is 3.12. The maximum Gasteiger partial charge on any atom is 0.320 e. The van der Waals surface area contributed by atoms with Crippen molar-refractivity contribution in [3.05, 3.63) is 77.9 Å². The van der Waals surface area contributed by atoms with E-state index in [2.05, 4.69) is 5.32 Å². The average molecular weight is 552 g/mol. The van der Waals surface area contributed by atoms with Gasteiger partial charge in [0.05, 0.1) is 22.1 Å². The highest BCUT2D eigenvalue weighted by Crippen LogP contribution is 2.28. The lowest BCUT2D eigenvalue weighted by Gasteiger charge is -2.25. The summed E-state index contributed by atoms with van der Waals surface area (Å²) in [6.07, 6.45) is -0.0346. The number of rotatable bonds is 11. The number of nitrogens with zero attached hydrogens (tertiary/aromatic N) is 1. The Labute approximate surface area is 226 Å². The monoisotopic (exact) mass is 551 g/mol. The van der Waals surface area contributed by atoms with Gasteiger partial charge >= 0.3 is 5.97 Å². The van der Waals surface area contributed by atoms with Crippen molar-refractivity contribution in [2.45, 2.75) is 43.7 Å². The first-order chi connectivity index (χ1) is 18.5. The number of carbonyl (C=O) groups excluding carboxylic acids is 3. The van der Waals surface area contributed by atoms with Crippen LogP contribution in [0.3, 0.4) is 0 Å². The van der Waals surface area contributed by atoms with Crippen LogP contribution in [0.25, 0.3) is 10.8 Å². The van der Waals surface area contributed by atoms with Crippen molar-refractivity contribution >= 4 is 44.5 Å². The Bertz CT molecular complexity index is 1480. The molecule has 3 aromatic carbocycles. The van der Waals surface area contributed by atoms with Gasteiger partial charge in [-0.3, -0.25) is 29.4 Å². The molecular weight excluding hydrogens is 522 g/mol. The van der Waals surface area contributed by atoms with Crippen LogP contribution in [-0.4, -0.2) is 60.7 Å². The number of hydrogen-bond acceptors (Lipinski definition) is 7. The van der Waals surface area contributed by atoms with Gasteiger partial charge in [0, 0.05) is 6.54 Å². The van der Waals surface area contributed by atoms with Crippen molar-refractivity contribution in [3.8, 4) is 0 Å². The topological polar surface area (TPSA) is 150 Å². The Morgan fingerprint density at radius 1 is 0.872 bits per heavy atom. The van der Waals surface area contributed by atoms with Crippen molar-refractivity contribution in [1.82, 2.24) is 14.9 Å². The second kappa shape index (κ2) is 11.3. The van der Waals surface area contributed by atoms with Crippen LogP contribution < -0.4 is 10.0 Å². The zero-order valence-electron chi connectivity index (χ0n) is 21.5. The number of sulfonamides is 1. The smallest absolute Gasteiger partial charge is 0.320 e. The van der Waals surface area contributed by atoms with Crippen LogP contribution in [0.15, 0.2) is 71.6 Å². The number of amides is 3. The highest BCUT2D eigenvalue weighted by Gasteiger charge is 2.37. The molecule has 2 atom stereocenters. The van der Waals surface area contributed by atoms with E-state index in [9.17, 15) is 32.7 Å². The van der Waals surface area contributed by atoms with Gasteiger partial charge in [0.1, 0.15) is 6.04 Å². The molecule has 39 heavy (non-hydrogen) atoms. The van der Waals surface area contributed by atoms with Gasteiger partial charge in [0.2, 0.25) is 0 Å². The first-order valence-corrected chi connectivity index (χ1v) is 14.0. The normalized spacial score (nSPS) is 14.9. The lowest BCUT2D eigenvalue weighted by Crippen LogP contribution is -2.53. The van der Waals surface area contributed by atoms with E-state index in [0.29, 0.717) is 0 Å². The number of carbonyl (C=O) groups is 4. The molecule has 4 rings (SSSR count). The number of aliphatic carboxylic acids is 1. The van der Waals surface area contributed by atoms with Gasteiger partial charge in [0.15, 0.2) is 0 Å². The molecule has 0 fully saturated rings. The standard InChI is InChI=1S/C28H29N3O7S/c1-17(2)14-24(25(32)30-39(37,38)20-10-4-3-5-11-20)29-23(28(35)36)12-13-31-26(33)21-15-18-8-6-7-9-19(18)16-22(21)27(31)34/h3-11,15-17,23-24,29H,12-14H2,1-2H3,(H,30,32)(H,35,36). The van der Waals surface area contributed by atoms with Gasteiger partial charge in [-0.2, -0.15) is 0 Å². The molecule has 3 amide bonds. The molecular formula is C28H29N3O7S. The molecule has 11 heteroatoms. The third kappa shape index (κ3) is 6.15. The highest BCUT2D eigenvalue weighted by atomic mass is 32.2. The van der Waals surface area contributed by atoms with Gasteiger partial charge in [-0.15, -0.1) is 0 Å². The predicted molar refractivity (Wildman–Crippen MR) is 144 cm³/mol. The molecule has 0 aliphatic carbocycles. The molecule has 204 valence electrons. The van der Waals surface area contributed by atoms with Gasteiger partial charge in [-0.1, -0.05) is 56.3 Å². The number of carboxylic acids is 1. The summed E-state index contributed by atoms with van der Waals surface area (Å²) in [6.45, 7) is 3.42. The van der Waals surface area contributed by atoms with Gasteiger partial charge in [-0.25, -0.2) is 13.1 Å². The van der Waals surface area contributed by atoms with Crippen LogP contribution in [0.2, 0.25) is 0 Å².